The third-order valence-electron chi connectivity index (χ3n) is 3.19. The van der Waals surface area contributed by atoms with Crippen LogP contribution in [0.1, 0.15) is 35.5 Å². The molecule has 2 aromatic rings. The molecule has 5 nitrogen and oxygen atoms in total. The molecule has 1 heterocycles. The molecule has 0 spiro atoms. The van der Waals surface area contributed by atoms with Crippen molar-refractivity contribution < 1.29 is 22.5 Å². The second-order valence-electron chi connectivity index (χ2n) is 5.10. The SMILES string of the molecule is Cc1cc(CNC(=O)NC(C)c2ccc(C(F)(F)F)cc2)on1. The van der Waals surface area contributed by atoms with Crippen LogP contribution < -0.4 is 10.6 Å². The van der Waals surface area contributed by atoms with Crippen molar-refractivity contribution in [2.45, 2.75) is 32.6 Å². The average molecular weight is 327 g/mol. The number of nitrogens with zero attached hydrogens (tertiary/aromatic N) is 1. The molecular weight excluding hydrogens is 311 g/mol. The second-order valence-corrected chi connectivity index (χ2v) is 5.10. The molecule has 0 aliphatic carbocycles. The van der Waals surface area contributed by atoms with Crippen LogP contribution in [0.25, 0.3) is 0 Å². The van der Waals surface area contributed by atoms with Gasteiger partial charge in [-0.1, -0.05) is 17.3 Å². The Hall–Kier alpha value is -2.51. The van der Waals surface area contributed by atoms with Gasteiger partial charge in [-0.3, -0.25) is 0 Å². The molecule has 0 saturated heterocycles. The van der Waals surface area contributed by atoms with E-state index in [0.717, 1.165) is 12.1 Å². The van der Waals surface area contributed by atoms with Crippen LogP contribution in [-0.4, -0.2) is 11.2 Å². The van der Waals surface area contributed by atoms with Gasteiger partial charge in [0.15, 0.2) is 5.76 Å². The molecule has 23 heavy (non-hydrogen) atoms. The number of halogens is 3. The van der Waals surface area contributed by atoms with Crippen molar-refractivity contribution in [3.63, 3.8) is 0 Å². The van der Waals surface area contributed by atoms with Gasteiger partial charge in [-0.2, -0.15) is 13.2 Å². The Bertz CT molecular complexity index is 665. The number of amides is 2. The zero-order valence-corrected chi connectivity index (χ0v) is 12.6. The van der Waals surface area contributed by atoms with Gasteiger partial charge in [-0.15, -0.1) is 0 Å². The number of carbonyl (C=O) groups is 1. The fraction of sp³-hybridized carbons (Fsp3) is 0.333. The number of nitrogens with one attached hydrogen (secondary N) is 2. The van der Waals surface area contributed by atoms with E-state index >= 15 is 0 Å². The van der Waals surface area contributed by atoms with Crippen LogP contribution in [0, 0.1) is 6.92 Å². The first-order chi connectivity index (χ1) is 10.8. The van der Waals surface area contributed by atoms with Crippen LogP contribution in [0.15, 0.2) is 34.9 Å². The molecule has 0 aliphatic heterocycles. The highest BCUT2D eigenvalue weighted by atomic mass is 19.4. The molecular formula is C15H16F3N3O2. The van der Waals surface area contributed by atoms with E-state index in [-0.39, 0.29) is 6.54 Å². The van der Waals surface area contributed by atoms with Crippen LogP contribution in [0.4, 0.5) is 18.0 Å². The molecule has 0 saturated carbocycles. The monoisotopic (exact) mass is 327 g/mol. The summed E-state index contributed by atoms with van der Waals surface area (Å²) in [4.78, 5) is 11.8. The van der Waals surface area contributed by atoms with E-state index in [1.165, 1.54) is 12.1 Å². The zero-order valence-electron chi connectivity index (χ0n) is 12.6. The third kappa shape index (κ3) is 4.73. The average Bonchev–Trinajstić information content (AvgIpc) is 2.90. The first-order valence-corrected chi connectivity index (χ1v) is 6.89. The summed E-state index contributed by atoms with van der Waals surface area (Å²) in [6.45, 7) is 3.62. The number of benzene rings is 1. The predicted molar refractivity (Wildman–Crippen MR) is 76.5 cm³/mol. The Morgan fingerprint density at radius 1 is 1.30 bits per heavy atom. The molecule has 1 aromatic heterocycles. The summed E-state index contributed by atoms with van der Waals surface area (Å²) >= 11 is 0. The Morgan fingerprint density at radius 2 is 1.96 bits per heavy atom. The van der Waals surface area contributed by atoms with Crippen LogP contribution >= 0.6 is 0 Å². The fourth-order valence-electron chi connectivity index (χ4n) is 1.96. The minimum absolute atomic E-state index is 0.173. The van der Waals surface area contributed by atoms with Gasteiger partial charge in [0.05, 0.1) is 23.8 Å². The maximum atomic E-state index is 12.5. The lowest BCUT2D eigenvalue weighted by atomic mass is 10.1. The molecule has 1 unspecified atom stereocenters. The summed E-state index contributed by atoms with van der Waals surface area (Å²) < 4.78 is 42.5. The summed E-state index contributed by atoms with van der Waals surface area (Å²) in [5.41, 5.74) is 0.558. The summed E-state index contributed by atoms with van der Waals surface area (Å²) in [6, 6.07) is 5.46. The number of hydrogen-bond acceptors (Lipinski definition) is 3. The molecule has 1 atom stereocenters. The number of urea groups is 1. The third-order valence-corrected chi connectivity index (χ3v) is 3.19. The van der Waals surface area contributed by atoms with Crippen molar-refractivity contribution in [1.82, 2.24) is 15.8 Å². The van der Waals surface area contributed by atoms with Crippen LogP contribution in [0.3, 0.4) is 0 Å². The van der Waals surface area contributed by atoms with Crippen molar-refractivity contribution >= 4 is 6.03 Å². The van der Waals surface area contributed by atoms with E-state index in [4.69, 9.17) is 4.52 Å². The minimum Gasteiger partial charge on any atom is -0.359 e. The largest absolute Gasteiger partial charge is 0.416 e. The van der Waals surface area contributed by atoms with Crippen molar-refractivity contribution in [2.75, 3.05) is 0 Å². The second kappa shape index (κ2) is 6.72. The molecule has 8 heteroatoms. The lowest BCUT2D eigenvalue weighted by molar-refractivity contribution is -0.137. The quantitative estimate of drug-likeness (QED) is 0.902. The van der Waals surface area contributed by atoms with Crippen LogP contribution in [0.5, 0.6) is 0 Å². The van der Waals surface area contributed by atoms with Crippen molar-refractivity contribution in [3.8, 4) is 0 Å². The minimum atomic E-state index is -4.37. The first kappa shape index (κ1) is 16.9. The van der Waals surface area contributed by atoms with Crippen molar-refractivity contribution in [1.29, 1.82) is 0 Å². The van der Waals surface area contributed by atoms with Gasteiger partial charge < -0.3 is 15.2 Å². The van der Waals surface area contributed by atoms with Gasteiger partial charge in [0.2, 0.25) is 0 Å². The lowest BCUT2D eigenvalue weighted by Crippen LogP contribution is -2.36. The molecule has 0 fully saturated rings. The molecule has 0 aliphatic rings. The summed E-state index contributed by atoms with van der Waals surface area (Å²) in [5.74, 6) is 0.514. The van der Waals surface area contributed by atoms with Gasteiger partial charge in [0.1, 0.15) is 0 Å². The van der Waals surface area contributed by atoms with Crippen LogP contribution in [-0.2, 0) is 12.7 Å². The van der Waals surface area contributed by atoms with E-state index in [1.54, 1.807) is 19.9 Å². The Balaban J connectivity index is 1.88. The smallest absolute Gasteiger partial charge is 0.359 e. The van der Waals surface area contributed by atoms with Gasteiger partial charge in [0, 0.05) is 6.07 Å². The number of hydrogen-bond donors (Lipinski definition) is 2. The van der Waals surface area contributed by atoms with Crippen LogP contribution in [0.2, 0.25) is 0 Å². The van der Waals surface area contributed by atoms with Crippen molar-refractivity contribution in [2.24, 2.45) is 0 Å². The fourth-order valence-corrected chi connectivity index (χ4v) is 1.96. The number of rotatable bonds is 4. The Labute approximate surface area is 130 Å². The number of carbonyl (C=O) groups excluding carboxylic acids is 1. The Morgan fingerprint density at radius 3 is 2.48 bits per heavy atom. The summed E-state index contributed by atoms with van der Waals surface area (Å²) in [5, 5.41) is 8.92. The Kier molecular flexibility index (Phi) is 4.92. The highest BCUT2D eigenvalue weighted by Crippen LogP contribution is 2.29. The standard InChI is InChI=1S/C15H16F3N3O2/c1-9-7-13(23-21-9)8-19-14(22)20-10(2)11-3-5-12(6-4-11)15(16,17)18/h3-7,10H,8H2,1-2H3,(H2,19,20,22). The molecule has 2 rings (SSSR count). The number of alkyl halides is 3. The lowest BCUT2D eigenvalue weighted by Gasteiger charge is -2.15. The van der Waals surface area contributed by atoms with E-state index in [0.29, 0.717) is 17.0 Å². The molecule has 2 N–H and O–H groups in total. The predicted octanol–water partition coefficient (Wildman–Crippen LogP) is 3.56. The van der Waals surface area contributed by atoms with Crippen molar-refractivity contribution in [3.05, 3.63) is 52.9 Å². The molecule has 124 valence electrons. The topological polar surface area (TPSA) is 67.2 Å². The maximum absolute atomic E-state index is 12.5. The normalized spacial score (nSPS) is 12.7. The number of aryl methyl sites for hydroxylation is 1. The van der Waals surface area contributed by atoms with Gasteiger partial charge in [0.25, 0.3) is 0 Å². The molecule has 0 radical (unpaired) electrons. The zero-order chi connectivity index (χ0) is 17.0. The van der Waals surface area contributed by atoms with Gasteiger partial charge >= 0.3 is 12.2 Å². The van der Waals surface area contributed by atoms with Gasteiger partial charge in [-0.05, 0) is 31.5 Å². The maximum Gasteiger partial charge on any atom is 0.416 e. The summed E-state index contributed by atoms with van der Waals surface area (Å²) in [6.07, 6.45) is -4.37. The van der Waals surface area contributed by atoms with E-state index in [1.807, 2.05) is 0 Å². The highest BCUT2D eigenvalue weighted by molar-refractivity contribution is 5.74. The van der Waals surface area contributed by atoms with E-state index < -0.39 is 23.8 Å². The first-order valence-electron chi connectivity index (χ1n) is 6.89. The van der Waals surface area contributed by atoms with E-state index in [2.05, 4.69) is 15.8 Å². The molecule has 0 bridgehead atoms. The van der Waals surface area contributed by atoms with Gasteiger partial charge in [-0.25, -0.2) is 4.79 Å². The highest BCUT2D eigenvalue weighted by Gasteiger charge is 2.30. The molecule has 1 aromatic carbocycles. The molecule has 2 amide bonds. The summed E-state index contributed by atoms with van der Waals surface area (Å²) in [7, 11) is 0. The van der Waals surface area contributed by atoms with E-state index in [9.17, 15) is 18.0 Å². The number of aromatic nitrogens is 1.